The fraction of sp³-hybridized carbons (Fsp3) is 0.118. The monoisotopic (exact) mass is 326 g/mol. The molecular formula is C17H14N2O3S. The molecule has 1 aromatic heterocycles. The Hall–Kier alpha value is -2.73. The average molecular weight is 326 g/mol. The van der Waals surface area contributed by atoms with Crippen LogP contribution in [0.25, 0.3) is 10.6 Å². The van der Waals surface area contributed by atoms with Gasteiger partial charge in [-0.15, -0.1) is 11.3 Å². The molecule has 0 saturated carbocycles. The molecule has 1 heterocycles. The van der Waals surface area contributed by atoms with Crippen LogP contribution in [0.3, 0.4) is 0 Å². The summed E-state index contributed by atoms with van der Waals surface area (Å²) in [5.41, 5.74) is 2.68. The number of aromatic nitrogens is 1. The predicted octanol–water partition coefficient (Wildman–Crippen LogP) is 4.61. The predicted molar refractivity (Wildman–Crippen MR) is 89.7 cm³/mol. The molecule has 23 heavy (non-hydrogen) atoms. The minimum atomic E-state index is -0.439. The number of nitro groups is 1. The molecule has 0 saturated heterocycles. The van der Waals surface area contributed by atoms with Gasteiger partial charge in [0.2, 0.25) is 0 Å². The third-order valence-electron chi connectivity index (χ3n) is 3.26. The first-order chi connectivity index (χ1) is 11.1. The van der Waals surface area contributed by atoms with Crippen LogP contribution in [0.1, 0.15) is 11.3 Å². The zero-order valence-corrected chi connectivity index (χ0v) is 13.2. The first kappa shape index (κ1) is 15.2. The van der Waals surface area contributed by atoms with Crippen molar-refractivity contribution in [3.8, 4) is 16.3 Å². The number of rotatable bonds is 5. The van der Waals surface area contributed by atoms with Crippen LogP contribution in [0.15, 0.2) is 53.9 Å². The highest BCUT2D eigenvalue weighted by Crippen LogP contribution is 2.29. The zero-order chi connectivity index (χ0) is 16.2. The lowest BCUT2D eigenvalue weighted by Gasteiger charge is -2.06. The van der Waals surface area contributed by atoms with Gasteiger partial charge in [0.05, 0.1) is 10.6 Å². The van der Waals surface area contributed by atoms with Crippen LogP contribution in [-0.2, 0) is 6.61 Å². The number of nitrogens with zero attached hydrogens (tertiary/aromatic N) is 2. The largest absolute Gasteiger partial charge is 0.480 e. The van der Waals surface area contributed by atoms with E-state index in [1.54, 1.807) is 12.1 Å². The Bertz CT molecular complexity index is 831. The third-order valence-corrected chi connectivity index (χ3v) is 4.20. The van der Waals surface area contributed by atoms with Crippen LogP contribution < -0.4 is 4.74 Å². The summed E-state index contributed by atoms with van der Waals surface area (Å²) in [5, 5.41) is 13.9. The summed E-state index contributed by atoms with van der Waals surface area (Å²) < 4.78 is 5.62. The van der Waals surface area contributed by atoms with Crippen molar-refractivity contribution >= 4 is 17.0 Å². The van der Waals surface area contributed by atoms with Gasteiger partial charge in [0.1, 0.15) is 11.6 Å². The molecule has 0 unspecified atom stereocenters. The van der Waals surface area contributed by atoms with E-state index >= 15 is 0 Å². The van der Waals surface area contributed by atoms with Gasteiger partial charge in [-0.3, -0.25) is 10.1 Å². The summed E-state index contributed by atoms with van der Waals surface area (Å²) in [6, 6.07) is 14.7. The number of nitro benzene ring substituents is 1. The van der Waals surface area contributed by atoms with Gasteiger partial charge in [-0.1, -0.05) is 36.4 Å². The molecule has 0 bridgehead atoms. The van der Waals surface area contributed by atoms with Gasteiger partial charge in [-0.2, -0.15) is 0 Å². The summed E-state index contributed by atoms with van der Waals surface area (Å²) in [4.78, 5) is 15.1. The van der Waals surface area contributed by atoms with E-state index in [-0.39, 0.29) is 18.0 Å². The van der Waals surface area contributed by atoms with Crippen LogP contribution in [0.4, 0.5) is 5.69 Å². The van der Waals surface area contributed by atoms with Crippen molar-refractivity contribution in [2.24, 2.45) is 0 Å². The Morgan fingerprint density at radius 2 is 2.00 bits per heavy atom. The number of benzene rings is 2. The molecule has 2 aromatic carbocycles. The summed E-state index contributed by atoms with van der Waals surface area (Å²) in [6.45, 7) is 2.07. The van der Waals surface area contributed by atoms with E-state index in [1.807, 2.05) is 42.6 Å². The van der Waals surface area contributed by atoms with Gasteiger partial charge in [0, 0.05) is 17.0 Å². The second-order valence-electron chi connectivity index (χ2n) is 5.03. The second-order valence-corrected chi connectivity index (χ2v) is 5.89. The second kappa shape index (κ2) is 6.58. The molecule has 0 atom stereocenters. The molecule has 0 aliphatic heterocycles. The fourth-order valence-corrected chi connectivity index (χ4v) is 2.94. The zero-order valence-electron chi connectivity index (χ0n) is 12.4. The maximum Gasteiger partial charge on any atom is 0.310 e. The van der Waals surface area contributed by atoms with E-state index in [4.69, 9.17) is 4.74 Å². The molecule has 0 aliphatic carbocycles. The summed E-state index contributed by atoms with van der Waals surface area (Å²) in [6.07, 6.45) is 0. The van der Waals surface area contributed by atoms with E-state index in [1.165, 1.54) is 17.4 Å². The molecule has 0 N–H and O–H groups in total. The van der Waals surface area contributed by atoms with Crippen LogP contribution >= 0.6 is 11.3 Å². The van der Waals surface area contributed by atoms with Crippen molar-refractivity contribution in [1.29, 1.82) is 0 Å². The maximum absolute atomic E-state index is 11.0. The Kier molecular flexibility index (Phi) is 4.34. The van der Waals surface area contributed by atoms with E-state index in [9.17, 15) is 10.1 Å². The van der Waals surface area contributed by atoms with Crippen molar-refractivity contribution in [2.75, 3.05) is 0 Å². The first-order valence-corrected chi connectivity index (χ1v) is 7.89. The van der Waals surface area contributed by atoms with E-state index in [0.717, 1.165) is 21.8 Å². The van der Waals surface area contributed by atoms with Gasteiger partial charge >= 0.3 is 5.69 Å². The van der Waals surface area contributed by atoms with Gasteiger partial charge in [0.15, 0.2) is 5.75 Å². The molecule has 0 fully saturated rings. The average Bonchev–Trinajstić information content (AvgIpc) is 3.02. The number of aryl methyl sites for hydroxylation is 1. The summed E-state index contributed by atoms with van der Waals surface area (Å²) in [5.74, 6) is 0.268. The molecule has 0 spiro atoms. The molecule has 0 amide bonds. The normalized spacial score (nSPS) is 10.5. The minimum Gasteiger partial charge on any atom is -0.480 e. The third kappa shape index (κ3) is 3.54. The molecule has 0 radical (unpaired) electrons. The minimum absolute atomic E-state index is 0.0332. The lowest BCUT2D eigenvalue weighted by molar-refractivity contribution is -0.386. The molecule has 0 aliphatic rings. The van der Waals surface area contributed by atoms with Gasteiger partial charge in [0.25, 0.3) is 0 Å². The lowest BCUT2D eigenvalue weighted by Crippen LogP contribution is -2.00. The molecule has 3 rings (SSSR count). The Morgan fingerprint density at radius 1 is 1.22 bits per heavy atom. The number of ether oxygens (including phenoxy) is 1. The molecule has 116 valence electrons. The van der Waals surface area contributed by atoms with Gasteiger partial charge in [-0.25, -0.2) is 4.98 Å². The van der Waals surface area contributed by atoms with Crippen molar-refractivity contribution in [1.82, 2.24) is 4.98 Å². The number of hydrogen-bond acceptors (Lipinski definition) is 5. The molecule has 6 heteroatoms. The fourth-order valence-electron chi connectivity index (χ4n) is 2.13. The van der Waals surface area contributed by atoms with Gasteiger partial charge < -0.3 is 4.74 Å². The van der Waals surface area contributed by atoms with Gasteiger partial charge in [-0.05, 0) is 18.6 Å². The first-order valence-electron chi connectivity index (χ1n) is 7.01. The smallest absolute Gasteiger partial charge is 0.310 e. The van der Waals surface area contributed by atoms with Crippen LogP contribution in [-0.4, -0.2) is 9.91 Å². The topological polar surface area (TPSA) is 65.3 Å². The van der Waals surface area contributed by atoms with E-state index in [2.05, 4.69) is 4.98 Å². The highest BCUT2D eigenvalue weighted by Gasteiger charge is 2.15. The van der Waals surface area contributed by atoms with Crippen LogP contribution in [0.5, 0.6) is 5.75 Å². The molecular weight excluding hydrogens is 312 g/mol. The van der Waals surface area contributed by atoms with E-state index < -0.39 is 4.92 Å². The van der Waals surface area contributed by atoms with Crippen molar-refractivity contribution in [3.63, 3.8) is 0 Å². The SMILES string of the molecule is Cc1ccc([N+](=O)[O-])c(OCc2csc(-c3ccccc3)n2)c1. The van der Waals surface area contributed by atoms with Crippen LogP contribution in [0.2, 0.25) is 0 Å². The Labute approximate surface area is 137 Å². The molecule has 3 aromatic rings. The summed E-state index contributed by atoms with van der Waals surface area (Å²) >= 11 is 1.53. The highest BCUT2D eigenvalue weighted by molar-refractivity contribution is 7.13. The van der Waals surface area contributed by atoms with Crippen molar-refractivity contribution < 1.29 is 9.66 Å². The van der Waals surface area contributed by atoms with Crippen molar-refractivity contribution in [2.45, 2.75) is 13.5 Å². The standard InChI is InChI=1S/C17H14N2O3S/c1-12-7-8-15(19(20)21)16(9-12)22-10-14-11-23-17(18-14)13-5-3-2-4-6-13/h2-9,11H,10H2,1H3. The van der Waals surface area contributed by atoms with E-state index in [0.29, 0.717) is 0 Å². The quantitative estimate of drug-likeness (QED) is 0.507. The van der Waals surface area contributed by atoms with Crippen molar-refractivity contribution in [3.05, 3.63) is 75.3 Å². The number of thiazole rings is 1. The highest BCUT2D eigenvalue weighted by atomic mass is 32.1. The van der Waals surface area contributed by atoms with Crippen LogP contribution in [0, 0.1) is 17.0 Å². The summed E-state index contributed by atoms with van der Waals surface area (Å²) in [7, 11) is 0. The Morgan fingerprint density at radius 3 is 2.74 bits per heavy atom. The Balaban J connectivity index is 1.76. The molecule has 5 nitrogen and oxygen atoms in total. The maximum atomic E-state index is 11.0. The number of hydrogen-bond donors (Lipinski definition) is 0. The lowest BCUT2D eigenvalue weighted by atomic mass is 10.2.